The molecule has 1 aliphatic rings. The van der Waals surface area contributed by atoms with Crippen molar-refractivity contribution < 1.29 is 14.3 Å². The standard InChI is InChI=1S/C18H20N4O4/c1-11-14(18(24)22-21-11)8-17(23)20-15-6-7-25-10-16(15)26-13-4-2-12(9-19)3-5-13/h2-5,15-16H,6-8,10H2,1H3,(H,20,23)(H2,21,22,24)/t15-,16-/m1/s1. The zero-order valence-electron chi connectivity index (χ0n) is 14.4. The summed E-state index contributed by atoms with van der Waals surface area (Å²) in [5, 5.41) is 17.0. The van der Waals surface area contributed by atoms with E-state index in [4.69, 9.17) is 14.7 Å². The van der Waals surface area contributed by atoms with Gasteiger partial charge in [-0.25, -0.2) is 0 Å². The Bertz CT molecular complexity index is 863. The highest BCUT2D eigenvalue weighted by atomic mass is 16.5. The molecule has 8 nitrogen and oxygen atoms in total. The maximum atomic E-state index is 12.4. The van der Waals surface area contributed by atoms with Crippen LogP contribution in [-0.4, -0.2) is 41.5 Å². The summed E-state index contributed by atoms with van der Waals surface area (Å²) >= 11 is 0. The smallest absolute Gasteiger partial charge is 0.267 e. The summed E-state index contributed by atoms with van der Waals surface area (Å²) in [5.74, 6) is 0.371. The van der Waals surface area contributed by atoms with E-state index in [1.165, 1.54) is 0 Å². The molecule has 26 heavy (non-hydrogen) atoms. The van der Waals surface area contributed by atoms with Crippen molar-refractivity contribution in [1.29, 1.82) is 5.26 Å². The van der Waals surface area contributed by atoms with Gasteiger partial charge < -0.3 is 19.9 Å². The number of nitrogens with one attached hydrogen (secondary N) is 3. The van der Waals surface area contributed by atoms with Crippen LogP contribution in [0.4, 0.5) is 0 Å². The predicted octanol–water partition coefficient (Wildman–Crippen LogP) is 0.778. The summed E-state index contributed by atoms with van der Waals surface area (Å²) in [6.07, 6.45) is 0.284. The normalized spacial score (nSPS) is 19.5. The summed E-state index contributed by atoms with van der Waals surface area (Å²) in [6.45, 7) is 2.63. The van der Waals surface area contributed by atoms with Crippen LogP contribution in [0.5, 0.6) is 5.75 Å². The first-order chi connectivity index (χ1) is 12.6. The molecule has 136 valence electrons. The lowest BCUT2D eigenvalue weighted by Crippen LogP contribution is -2.51. The number of aromatic nitrogens is 2. The molecule has 1 aromatic carbocycles. The van der Waals surface area contributed by atoms with Gasteiger partial charge in [-0.1, -0.05) is 0 Å². The Labute approximate surface area is 150 Å². The van der Waals surface area contributed by atoms with Gasteiger partial charge in [0.15, 0.2) is 0 Å². The lowest BCUT2D eigenvalue weighted by molar-refractivity contribution is -0.123. The second-order valence-corrected chi connectivity index (χ2v) is 6.19. The maximum absolute atomic E-state index is 12.4. The summed E-state index contributed by atoms with van der Waals surface area (Å²) in [6, 6.07) is 8.62. The molecule has 1 aromatic heterocycles. The van der Waals surface area contributed by atoms with E-state index < -0.39 is 0 Å². The summed E-state index contributed by atoms with van der Waals surface area (Å²) in [7, 11) is 0. The number of amides is 1. The molecule has 0 unspecified atom stereocenters. The maximum Gasteiger partial charge on any atom is 0.267 e. The molecule has 8 heteroatoms. The van der Waals surface area contributed by atoms with Crippen LogP contribution in [0.3, 0.4) is 0 Å². The molecular formula is C18H20N4O4. The molecule has 0 radical (unpaired) electrons. The van der Waals surface area contributed by atoms with Gasteiger partial charge in [-0.05, 0) is 37.6 Å². The van der Waals surface area contributed by atoms with Crippen LogP contribution >= 0.6 is 0 Å². The van der Waals surface area contributed by atoms with Gasteiger partial charge in [-0.2, -0.15) is 5.26 Å². The third kappa shape index (κ3) is 4.13. The highest BCUT2D eigenvalue weighted by molar-refractivity contribution is 5.79. The number of aromatic amines is 2. The van der Waals surface area contributed by atoms with Crippen LogP contribution in [0.15, 0.2) is 29.1 Å². The van der Waals surface area contributed by atoms with Crippen molar-refractivity contribution in [3.05, 3.63) is 51.4 Å². The molecule has 1 saturated heterocycles. The molecule has 3 N–H and O–H groups in total. The van der Waals surface area contributed by atoms with E-state index >= 15 is 0 Å². The monoisotopic (exact) mass is 356 g/mol. The number of hydrogen-bond donors (Lipinski definition) is 3. The van der Waals surface area contributed by atoms with Gasteiger partial charge in [0.1, 0.15) is 11.9 Å². The zero-order valence-corrected chi connectivity index (χ0v) is 14.4. The van der Waals surface area contributed by atoms with E-state index in [1.54, 1.807) is 31.2 Å². The third-order valence-electron chi connectivity index (χ3n) is 4.35. The highest BCUT2D eigenvalue weighted by Crippen LogP contribution is 2.18. The molecule has 2 aromatic rings. The summed E-state index contributed by atoms with van der Waals surface area (Å²) in [5.41, 5.74) is 1.35. The number of ether oxygens (including phenoxy) is 2. The van der Waals surface area contributed by atoms with E-state index in [-0.39, 0.29) is 30.0 Å². The topological polar surface area (TPSA) is 120 Å². The Hall–Kier alpha value is -3.05. The Balaban J connectivity index is 1.63. The minimum atomic E-state index is -0.341. The number of H-pyrrole nitrogens is 2. The Morgan fingerprint density at radius 3 is 2.81 bits per heavy atom. The number of carbonyl (C=O) groups excluding carboxylic acids is 1. The van der Waals surface area contributed by atoms with Gasteiger partial charge in [0.25, 0.3) is 5.56 Å². The molecule has 0 aliphatic carbocycles. The van der Waals surface area contributed by atoms with Gasteiger partial charge in [-0.3, -0.25) is 14.7 Å². The molecule has 2 heterocycles. The van der Waals surface area contributed by atoms with Crippen LogP contribution in [0.25, 0.3) is 0 Å². The molecule has 0 spiro atoms. The van der Waals surface area contributed by atoms with Gasteiger partial charge in [0, 0.05) is 17.9 Å². The highest BCUT2D eigenvalue weighted by Gasteiger charge is 2.29. The Morgan fingerprint density at radius 1 is 1.38 bits per heavy atom. The van der Waals surface area contributed by atoms with E-state index in [0.29, 0.717) is 42.2 Å². The van der Waals surface area contributed by atoms with E-state index in [0.717, 1.165) is 0 Å². The van der Waals surface area contributed by atoms with Gasteiger partial charge in [0.2, 0.25) is 5.91 Å². The molecular weight excluding hydrogens is 336 g/mol. The molecule has 3 rings (SSSR count). The summed E-state index contributed by atoms with van der Waals surface area (Å²) in [4.78, 5) is 24.0. The largest absolute Gasteiger partial charge is 0.486 e. The quantitative estimate of drug-likeness (QED) is 0.731. The molecule has 1 fully saturated rings. The van der Waals surface area contributed by atoms with E-state index in [9.17, 15) is 9.59 Å². The van der Waals surface area contributed by atoms with Crippen molar-refractivity contribution in [3.8, 4) is 11.8 Å². The number of nitrogens with zero attached hydrogens (tertiary/aromatic N) is 1. The number of carbonyl (C=O) groups is 1. The molecule has 0 bridgehead atoms. The first-order valence-electron chi connectivity index (χ1n) is 8.37. The van der Waals surface area contributed by atoms with Crippen LogP contribution in [0.2, 0.25) is 0 Å². The van der Waals surface area contributed by atoms with Crippen LogP contribution in [0, 0.1) is 18.3 Å². The number of nitriles is 1. The average molecular weight is 356 g/mol. The Morgan fingerprint density at radius 2 is 2.15 bits per heavy atom. The fourth-order valence-electron chi connectivity index (χ4n) is 2.88. The molecule has 2 atom stereocenters. The van der Waals surface area contributed by atoms with Crippen LogP contribution in [0.1, 0.15) is 23.2 Å². The predicted molar refractivity (Wildman–Crippen MR) is 92.8 cm³/mol. The first kappa shape index (κ1) is 17.8. The van der Waals surface area contributed by atoms with Crippen molar-refractivity contribution in [3.63, 3.8) is 0 Å². The van der Waals surface area contributed by atoms with E-state index in [2.05, 4.69) is 21.6 Å². The first-order valence-corrected chi connectivity index (χ1v) is 8.37. The minimum Gasteiger partial charge on any atom is -0.486 e. The summed E-state index contributed by atoms with van der Waals surface area (Å²) < 4.78 is 11.4. The number of hydrogen-bond acceptors (Lipinski definition) is 5. The number of benzene rings is 1. The van der Waals surface area contributed by atoms with E-state index in [1.807, 2.05) is 0 Å². The second-order valence-electron chi connectivity index (χ2n) is 6.19. The zero-order chi connectivity index (χ0) is 18.5. The Kier molecular flexibility index (Phi) is 5.39. The van der Waals surface area contributed by atoms with Crippen molar-refractivity contribution >= 4 is 5.91 Å². The lowest BCUT2D eigenvalue weighted by atomic mass is 10.0. The van der Waals surface area contributed by atoms with Crippen molar-refractivity contribution in [2.45, 2.75) is 31.9 Å². The van der Waals surface area contributed by atoms with Crippen LogP contribution < -0.4 is 15.6 Å². The fourth-order valence-corrected chi connectivity index (χ4v) is 2.88. The van der Waals surface area contributed by atoms with Gasteiger partial charge in [-0.15, -0.1) is 0 Å². The molecule has 1 aliphatic heterocycles. The number of rotatable bonds is 5. The van der Waals surface area contributed by atoms with Crippen molar-refractivity contribution in [2.24, 2.45) is 0 Å². The fraction of sp³-hybridized carbons (Fsp3) is 0.389. The third-order valence-corrected chi connectivity index (χ3v) is 4.35. The lowest BCUT2D eigenvalue weighted by Gasteiger charge is -2.32. The van der Waals surface area contributed by atoms with Gasteiger partial charge >= 0.3 is 0 Å². The number of aryl methyl sites for hydroxylation is 1. The molecule has 1 amide bonds. The van der Waals surface area contributed by atoms with Gasteiger partial charge in [0.05, 0.1) is 30.7 Å². The second kappa shape index (κ2) is 7.89. The SMILES string of the molecule is Cc1[nH][nH]c(=O)c1CC(=O)N[C@@H]1CCOC[C@H]1Oc1ccc(C#N)cc1. The minimum absolute atomic E-state index is 0.00557. The van der Waals surface area contributed by atoms with Crippen LogP contribution in [-0.2, 0) is 16.0 Å². The van der Waals surface area contributed by atoms with Crippen molar-refractivity contribution in [2.75, 3.05) is 13.2 Å². The van der Waals surface area contributed by atoms with Crippen molar-refractivity contribution in [1.82, 2.24) is 15.5 Å². The molecule has 0 saturated carbocycles. The average Bonchev–Trinajstić information content (AvgIpc) is 2.96.